The van der Waals surface area contributed by atoms with Crippen LogP contribution in [0.3, 0.4) is 0 Å². The fraction of sp³-hybridized carbons (Fsp3) is 0.615. The molecular weight excluding hydrogens is 214 g/mol. The first-order chi connectivity index (χ1) is 8.09. The number of aromatic amines is 1. The Kier molecular flexibility index (Phi) is 3.52. The predicted molar refractivity (Wildman–Crippen MR) is 67.6 cm³/mol. The van der Waals surface area contributed by atoms with E-state index >= 15 is 0 Å². The predicted octanol–water partition coefficient (Wildman–Crippen LogP) is 2.23. The average Bonchev–Trinajstić information content (AvgIpc) is 2.70. The number of amides is 1. The molecular formula is C13H21N3O. The van der Waals surface area contributed by atoms with Gasteiger partial charge in [-0.2, -0.15) is 0 Å². The van der Waals surface area contributed by atoms with Crippen molar-refractivity contribution < 1.29 is 4.79 Å². The minimum Gasteiger partial charge on any atom is -0.367 e. The molecule has 4 nitrogen and oxygen atoms in total. The highest BCUT2D eigenvalue weighted by Gasteiger charge is 2.26. The lowest BCUT2D eigenvalue weighted by Crippen LogP contribution is -2.54. The van der Waals surface area contributed by atoms with Gasteiger partial charge in [-0.15, -0.1) is 0 Å². The highest BCUT2D eigenvalue weighted by Crippen LogP contribution is 2.20. The van der Waals surface area contributed by atoms with Crippen LogP contribution < -0.4 is 5.43 Å². The Morgan fingerprint density at radius 1 is 1.35 bits per heavy atom. The van der Waals surface area contributed by atoms with Crippen LogP contribution in [0.25, 0.3) is 0 Å². The summed E-state index contributed by atoms with van der Waals surface area (Å²) in [7, 11) is 0. The second kappa shape index (κ2) is 4.92. The number of rotatable bonds is 2. The molecule has 0 saturated carbocycles. The van der Waals surface area contributed by atoms with E-state index in [4.69, 9.17) is 0 Å². The summed E-state index contributed by atoms with van der Waals surface area (Å²) in [6.45, 7) is 6.27. The molecule has 2 heterocycles. The molecule has 1 fully saturated rings. The summed E-state index contributed by atoms with van der Waals surface area (Å²) in [5, 5.41) is 2.10. The molecule has 17 heavy (non-hydrogen) atoms. The molecule has 0 spiro atoms. The number of aromatic nitrogens is 1. The van der Waals surface area contributed by atoms with Crippen LogP contribution in [0.4, 0.5) is 0 Å². The third-order valence-corrected chi connectivity index (χ3v) is 3.62. The Balaban J connectivity index is 2.05. The normalized spacial score (nSPS) is 25.8. The molecule has 2 N–H and O–H groups in total. The lowest BCUT2D eigenvalue weighted by molar-refractivity contribution is 0.0369. The number of aryl methyl sites for hydroxylation is 1. The molecule has 0 aromatic carbocycles. The number of nitrogens with one attached hydrogen (secondary N) is 2. The first kappa shape index (κ1) is 12.2. The van der Waals surface area contributed by atoms with Gasteiger partial charge < -0.3 is 4.98 Å². The first-order valence-corrected chi connectivity index (χ1v) is 6.32. The molecule has 0 aliphatic carbocycles. The van der Waals surface area contributed by atoms with Crippen LogP contribution >= 0.6 is 0 Å². The Morgan fingerprint density at radius 3 is 2.53 bits per heavy atom. The summed E-state index contributed by atoms with van der Waals surface area (Å²) in [5.41, 5.74) is 4.75. The molecule has 2 rings (SSSR count). The van der Waals surface area contributed by atoms with Crippen molar-refractivity contribution in [1.29, 1.82) is 0 Å². The van der Waals surface area contributed by atoms with Crippen molar-refractivity contribution in [3.63, 3.8) is 0 Å². The number of carbonyl (C=O) groups is 1. The van der Waals surface area contributed by atoms with Gasteiger partial charge in [0.25, 0.3) is 5.91 Å². The van der Waals surface area contributed by atoms with Gasteiger partial charge in [-0.1, -0.05) is 6.42 Å². The largest absolute Gasteiger partial charge is 0.367 e. The summed E-state index contributed by atoms with van der Waals surface area (Å²) >= 11 is 0. The van der Waals surface area contributed by atoms with Crippen molar-refractivity contribution in [1.82, 2.24) is 15.4 Å². The lowest BCUT2D eigenvalue weighted by atomic mass is 10.00. The maximum absolute atomic E-state index is 12.1. The minimum atomic E-state index is -0.00986. The summed E-state index contributed by atoms with van der Waals surface area (Å²) in [5.74, 6) is -0.00986. The van der Waals surface area contributed by atoms with Crippen molar-refractivity contribution in [2.75, 3.05) is 0 Å². The zero-order valence-electron chi connectivity index (χ0n) is 10.8. The Labute approximate surface area is 102 Å². The highest BCUT2D eigenvalue weighted by atomic mass is 16.2. The van der Waals surface area contributed by atoms with Crippen molar-refractivity contribution in [3.8, 4) is 0 Å². The summed E-state index contributed by atoms with van der Waals surface area (Å²) in [6.07, 6.45) is 7.15. The van der Waals surface area contributed by atoms with E-state index in [0.29, 0.717) is 12.1 Å². The number of carbonyl (C=O) groups excluding carboxylic acids is 1. The SMILES string of the molecule is Cc1c[nH]cc1C(=O)NN1C(C)CCCC1C. The third kappa shape index (κ3) is 2.52. The van der Waals surface area contributed by atoms with E-state index in [1.807, 2.05) is 13.1 Å². The van der Waals surface area contributed by atoms with Crippen LogP contribution in [0.1, 0.15) is 49.0 Å². The van der Waals surface area contributed by atoms with Crippen molar-refractivity contribution in [2.45, 2.75) is 52.1 Å². The average molecular weight is 235 g/mol. The van der Waals surface area contributed by atoms with Gasteiger partial charge >= 0.3 is 0 Å². The van der Waals surface area contributed by atoms with Gasteiger partial charge in [0.2, 0.25) is 0 Å². The quantitative estimate of drug-likeness (QED) is 0.826. The van der Waals surface area contributed by atoms with Crippen molar-refractivity contribution in [2.24, 2.45) is 0 Å². The lowest BCUT2D eigenvalue weighted by Gasteiger charge is -2.38. The Bertz CT molecular complexity index is 389. The van der Waals surface area contributed by atoms with Crippen LogP contribution in [0.5, 0.6) is 0 Å². The van der Waals surface area contributed by atoms with Gasteiger partial charge in [0.15, 0.2) is 0 Å². The molecule has 1 aromatic heterocycles. The van der Waals surface area contributed by atoms with E-state index in [1.165, 1.54) is 6.42 Å². The number of hydrazine groups is 1. The molecule has 0 bridgehead atoms. The molecule has 94 valence electrons. The standard InChI is InChI=1S/C13H21N3O/c1-9-7-14-8-12(9)13(17)15-16-10(2)5-4-6-11(16)3/h7-8,10-11,14H,4-6H2,1-3H3,(H,15,17). The van der Waals surface area contributed by atoms with E-state index in [9.17, 15) is 4.79 Å². The van der Waals surface area contributed by atoms with Crippen LogP contribution in [0, 0.1) is 6.92 Å². The fourth-order valence-corrected chi connectivity index (χ4v) is 2.51. The fourth-order valence-electron chi connectivity index (χ4n) is 2.51. The second-order valence-electron chi connectivity index (χ2n) is 5.03. The molecule has 2 unspecified atom stereocenters. The van der Waals surface area contributed by atoms with Gasteiger partial charge in [0.05, 0.1) is 5.56 Å². The Hall–Kier alpha value is -1.29. The third-order valence-electron chi connectivity index (χ3n) is 3.62. The van der Waals surface area contributed by atoms with E-state index in [2.05, 4.69) is 29.3 Å². The van der Waals surface area contributed by atoms with Gasteiger partial charge in [0.1, 0.15) is 0 Å². The van der Waals surface area contributed by atoms with E-state index < -0.39 is 0 Å². The number of nitrogens with zero attached hydrogens (tertiary/aromatic N) is 1. The summed E-state index contributed by atoms with van der Waals surface area (Å²) in [6, 6.07) is 0.837. The highest BCUT2D eigenvalue weighted by molar-refractivity contribution is 5.95. The van der Waals surface area contributed by atoms with Gasteiger partial charge in [-0.3, -0.25) is 10.2 Å². The monoisotopic (exact) mass is 235 g/mol. The van der Waals surface area contributed by atoms with Gasteiger partial charge in [-0.25, -0.2) is 5.01 Å². The zero-order chi connectivity index (χ0) is 12.4. The molecule has 1 amide bonds. The van der Waals surface area contributed by atoms with Crippen LogP contribution in [-0.4, -0.2) is 28.0 Å². The van der Waals surface area contributed by atoms with Crippen LogP contribution in [-0.2, 0) is 0 Å². The van der Waals surface area contributed by atoms with E-state index in [0.717, 1.165) is 24.0 Å². The van der Waals surface area contributed by atoms with Gasteiger partial charge in [0, 0.05) is 24.5 Å². The molecule has 1 aromatic rings. The maximum atomic E-state index is 12.1. The molecule has 1 aliphatic heterocycles. The van der Waals surface area contributed by atoms with E-state index in [-0.39, 0.29) is 5.91 Å². The molecule has 1 saturated heterocycles. The number of piperidine rings is 1. The Morgan fingerprint density at radius 2 is 2.00 bits per heavy atom. The second-order valence-corrected chi connectivity index (χ2v) is 5.03. The number of hydrogen-bond acceptors (Lipinski definition) is 2. The van der Waals surface area contributed by atoms with Crippen molar-refractivity contribution >= 4 is 5.91 Å². The topological polar surface area (TPSA) is 48.1 Å². The molecule has 4 heteroatoms. The zero-order valence-corrected chi connectivity index (χ0v) is 10.8. The molecule has 0 radical (unpaired) electrons. The maximum Gasteiger partial charge on any atom is 0.267 e. The van der Waals surface area contributed by atoms with Crippen LogP contribution in [0.2, 0.25) is 0 Å². The smallest absolute Gasteiger partial charge is 0.267 e. The minimum absolute atomic E-state index is 0.00986. The number of hydrogen-bond donors (Lipinski definition) is 2. The van der Waals surface area contributed by atoms with Gasteiger partial charge in [-0.05, 0) is 39.2 Å². The van der Waals surface area contributed by atoms with E-state index in [1.54, 1.807) is 6.20 Å². The summed E-state index contributed by atoms with van der Waals surface area (Å²) < 4.78 is 0. The number of H-pyrrole nitrogens is 1. The van der Waals surface area contributed by atoms with Crippen molar-refractivity contribution in [3.05, 3.63) is 23.5 Å². The first-order valence-electron chi connectivity index (χ1n) is 6.32. The summed E-state index contributed by atoms with van der Waals surface area (Å²) in [4.78, 5) is 15.1. The van der Waals surface area contributed by atoms with Crippen LogP contribution in [0.15, 0.2) is 12.4 Å². The molecule has 2 atom stereocenters. The molecule has 1 aliphatic rings.